The van der Waals surface area contributed by atoms with Crippen molar-refractivity contribution >= 4 is 22.8 Å². The van der Waals surface area contributed by atoms with Gasteiger partial charge in [-0.1, -0.05) is 13.8 Å². The van der Waals surface area contributed by atoms with E-state index in [9.17, 15) is 9.59 Å². The van der Waals surface area contributed by atoms with E-state index in [4.69, 9.17) is 4.74 Å². The number of thioether (sulfide) groups is 1. The highest BCUT2D eigenvalue weighted by atomic mass is 32.2. The third-order valence-corrected chi connectivity index (χ3v) is 4.93. The van der Waals surface area contributed by atoms with Gasteiger partial charge in [0.05, 0.1) is 12.0 Å². The van der Waals surface area contributed by atoms with Crippen molar-refractivity contribution in [2.24, 2.45) is 20.0 Å². The zero-order chi connectivity index (χ0) is 17.9. The van der Waals surface area contributed by atoms with Crippen LogP contribution in [0.15, 0.2) is 20.7 Å². The Bertz CT molecular complexity index is 840. The van der Waals surface area contributed by atoms with Crippen LogP contribution in [0.25, 0.3) is 11.0 Å². The summed E-state index contributed by atoms with van der Waals surface area (Å²) in [7, 11) is 3.15. The van der Waals surface area contributed by atoms with Crippen LogP contribution in [-0.4, -0.2) is 33.1 Å². The summed E-state index contributed by atoms with van der Waals surface area (Å²) < 4.78 is 7.99. The maximum absolute atomic E-state index is 12.7. The number of pyridine rings is 1. The predicted octanol–water partition coefficient (Wildman–Crippen LogP) is 1.96. The van der Waals surface area contributed by atoms with Crippen molar-refractivity contribution < 1.29 is 4.74 Å². The third-order valence-electron chi connectivity index (χ3n) is 3.80. The molecule has 6 nitrogen and oxygen atoms in total. The van der Waals surface area contributed by atoms with Crippen molar-refractivity contribution in [3.63, 3.8) is 0 Å². The molecule has 0 aliphatic rings. The minimum absolute atomic E-state index is 0.287. The van der Waals surface area contributed by atoms with Crippen molar-refractivity contribution in [1.82, 2.24) is 14.1 Å². The topological polar surface area (TPSA) is 66.1 Å². The summed E-state index contributed by atoms with van der Waals surface area (Å²) in [5.74, 6) is 1.20. The molecule has 24 heavy (non-hydrogen) atoms. The third kappa shape index (κ3) is 3.72. The van der Waals surface area contributed by atoms with E-state index in [2.05, 4.69) is 18.8 Å². The molecule has 0 unspecified atom stereocenters. The number of hydrogen-bond acceptors (Lipinski definition) is 5. The van der Waals surface area contributed by atoms with Crippen LogP contribution < -0.4 is 11.2 Å². The molecule has 0 atom stereocenters. The monoisotopic (exact) mass is 351 g/mol. The standard InChI is InChI=1S/C17H25N3O3S/c1-6-23-7-8-24-14-12(9-11(2)3)10-18-15-13(14)16(21)20(5)17(22)19(15)4/h10-11H,6-9H2,1-5H3. The van der Waals surface area contributed by atoms with Crippen LogP contribution in [0.2, 0.25) is 0 Å². The van der Waals surface area contributed by atoms with E-state index in [0.29, 0.717) is 30.2 Å². The number of hydrogen-bond donors (Lipinski definition) is 0. The molecule has 2 heterocycles. The summed E-state index contributed by atoms with van der Waals surface area (Å²) in [6, 6.07) is 0. The van der Waals surface area contributed by atoms with Gasteiger partial charge >= 0.3 is 5.69 Å². The van der Waals surface area contributed by atoms with E-state index >= 15 is 0 Å². The Hall–Kier alpha value is -1.60. The average Bonchev–Trinajstić information content (AvgIpc) is 2.55. The summed E-state index contributed by atoms with van der Waals surface area (Å²) in [6.45, 7) is 7.53. The second-order valence-electron chi connectivity index (χ2n) is 6.16. The van der Waals surface area contributed by atoms with Gasteiger partial charge in [-0.2, -0.15) is 0 Å². The molecule has 2 aromatic rings. The van der Waals surface area contributed by atoms with Crippen LogP contribution in [0.4, 0.5) is 0 Å². The van der Waals surface area contributed by atoms with Gasteiger partial charge in [-0.15, -0.1) is 11.8 Å². The van der Waals surface area contributed by atoms with E-state index in [1.165, 1.54) is 11.6 Å². The lowest BCUT2D eigenvalue weighted by atomic mass is 10.0. The molecule has 7 heteroatoms. The van der Waals surface area contributed by atoms with Gasteiger partial charge in [0.2, 0.25) is 0 Å². The summed E-state index contributed by atoms with van der Waals surface area (Å²) in [6.07, 6.45) is 2.64. The first-order valence-corrected chi connectivity index (χ1v) is 9.15. The van der Waals surface area contributed by atoms with Gasteiger partial charge < -0.3 is 4.74 Å². The number of ether oxygens (including phenoxy) is 1. The molecular formula is C17H25N3O3S. The molecule has 0 fully saturated rings. The number of fused-ring (bicyclic) bond motifs is 1. The lowest BCUT2D eigenvalue weighted by Crippen LogP contribution is -2.37. The highest BCUT2D eigenvalue weighted by molar-refractivity contribution is 7.99. The molecule has 0 N–H and O–H groups in total. The van der Waals surface area contributed by atoms with Gasteiger partial charge in [-0.25, -0.2) is 9.78 Å². The Balaban J connectivity index is 2.66. The largest absolute Gasteiger partial charge is 0.381 e. The molecule has 2 aromatic heterocycles. The lowest BCUT2D eigenvalue weighted by Gasteiger charge is -2.15. The highest BCUT2D eigenvalue weighted by Gasteiger charge is 2.18. The minimum atomic E-state index is -0.359. The first kappa shape index (κ1) is 18.7. The van der Waals surface area contributed by atoms with Gasteiger partial charge in [-0.05, 0) is 24.8 Å². The van der Waals surface area contributed by atoms with Crippen LogP contribution in [-0.2, 0) is 25.3 Å². The molecule has 0 amide bonds. The van der Waals surface area contributed by atoms with Crippen LogP contribution in [0.5, 0.6) is 0 Å². The van der Waals surface area contributed by atoms with Gasteiger partial charge in [0.25, 0.3) is 5.56 Å². The molecule has 0 bridgehead atoms. The summed E-state index contributed by atoms with van der Waals surface area (Å²) >= 11 is 1.60. The first-order valence-electron chi connectivity index (χ1n) is 8.16. The highest BCUT2D eigenvalue weighted by Crippen LogP contribution is 2.29. The molecule has 132 valence electrons. The maximum atomic E-state index is 12.7. The van der Waals surface area contributed by atoms with Crippen molar-refractivity contribution in [2.45, 2.75) is 32.1 Å². The molecule has 0 aliphatic carbocycles. The Kier molecular flexibility index (Phi) is 6.23. The lowest BCUT2D eigenvalue weighted by molar-refractivity contribution is 0.164. The first-order chi connectivity index (χ1) is 11.4. The smallest absolute Gasteiger partial charge is 0.332 e. The summed E-state index contributed by atoms with van der Waals surface area (Å²) in [4.78, 5) is 30.2. The molecule has 0 saturated carbocycles. The number of nitrogens with zero attached hydrogens (tertiary/aromatic N) is 3. The zero-order valence-corrected chi connectivity index (χ0v) is 15.8. The van der Waals surface area contributed by atoms with Crippen LogP contribution in [0, 0.1) is 5.92 Å². The molecule has 2 rings (SSSR count). The fraction of sp³-hybridized carbons (Fsp3) is 0.588. The molecule has 0 saturated heterocycles. The second-order valence-corrected chi connectivity index (χ2v) is 7.27. The molecule has 0 spiro atoms. The molecule has 0 aromatic carbocycles. The summed E-state index contributed by atoms with van der Waals surface area (Å²) in [5.41, 5.74) is 0.844. The normalized spacial score (nSPS) is 11.6. The number of aryl methyl sites for hydroxylation is 1. The van der Waals surface area contributed by atoms with E-state index < -0.39 is 0 Å². The van der Waals surface area contributed by atoms with Crippen LogP contribution >= 0.6 is 11.8 Å². The van der Waals surface area contributed by atoms with E-state index in [0.717, 1.165) is 27.2 Å². The molecule has 0 aliphatic heterocycles. The van der Waals surface area contributed by atoms with Crippen molar-refractivity contribution in [3.8, 4) is 0 Å². The minimum Gasteiger partial charge on any atom is -0.381 e. The predicted molar refractivity (Wildman–Crippen MR) is 98.0 cm³/mol. The maximum Gasteiger partial charge on any atom is 0.332 e. The van der Waals surface area contributed by atoms with Crippen molar-refractivity contribution in [1.29, 1.82) is 0 Å². The average molecular weight is 351 g/mol. The fourth-order valence-corrected chi connectivity index (χ4v) is 3.69. The van der Waals surface area contributed by atoms with Gasteiger partial charge in [-0.3, -0.25) is 13.9 Å². The zero-order valence-electron chi connectivity index (χ0n) is 15.0. The Labute approximate surface area is 145 Å². The van der Waals surface area contributed by atoms with Crippen molar-refractivity contribution in [3.05, 3.63) is 32.6 Å². The Morgan fingerprint density at radius 3 is 2.58 bits per heavy atom. The van der Waals surface area contributed by atoms with Crippen molar-refractivity contribution in [2.75, 3.05) is 19.0 Å². The van der Waals surface area contributed by atoms with Gasteiger partial charge in [0.15, 0.2) is 0 Å². The second kappa shape index (κ2) is 7.98. The van der Waals surface area contributed by atoms with E-state index in [1.54, 1.807) is 25.0 Å². The summed E-state index contributed by atoms with van der Waals surface area (Å²) in [5, 5.41) is 0.527. The number of rotatable bonds is 7. The van der Waals surface area contributed by atoms with Gasteiger partial charge in [0.1, 0.15) is 5.65 Å². The van der Waals surface area contributed by atoms with Crippen LogP contribution in [0.1, 0.15) is 26.3 Å². The van der Waals surface area contributed by atoms with E-state index in [-0.39, 0.29) is 11.2 Å². The molecular weight excluding hydrogens is 326 g/mol. The Morgan fingerprint density at radius 2 is 1.96 bits per heavy atom. The van der Waals surface area contributed by atoms with E-state index in [1.807, 2.05) is 6.92 Å². The van der Waals surface area contributed by atoms with Crippen LogP contribution in [0.3, 0.4) is 0 Å². The van der Waals surface area contributed by atoms with Gasteiger partial charge in [0, 0.05) is 37.5 Å². The fourth-order valence-electron chi connectivity index (χ4n) is 2.64. The number of aromatic nitrogens is 3. The molecule has 0 radical (unpaired) electrons. The Morgan fingerprint density at radius 1 is 1.25 bits per heavy atom. The SMILES string of the molecule is CCOCCSc1c(CC(C)C)cnc2c1c(=O)n(C)c(=O)n2C. The quantitative estimate of drug-likeness (QED) is 0.563.